The maximum Gasteiger partial charge on any atom is 0.145 e. The minimum Gasteiger partial charge on any atom is -0.456 e. The van der Waals surface area contributed by atoms with Crippen LogP contribution in [0.1, 0.15) is 18.5 Å². The molecule has 0 spiro atoms. The van der Waals surface area contributed by atoms with Crippen molar-refractivity contribution in [2.75, 3.05) is 13.7 Å². The van der Waals surface area contributed by atoms with E-state index in [0.717, 1.165) is 0 Å². The largest absolute Gasteiger partial charge is 0.456 e. The molecule has 0 saturated heterocycles. The Balaban J connectivity index is 1.85. The van der Waals surface area contributed by atoms with Crippen molar-refractivity contribution in [1.82, 2.24) is 9.88 Å². The molecule has 1 unspecified atom stereocenters. The molecule has 1 aliphatic rings. The second-order valence-electron chi connectivity index (χ2n) is 6.42. The smallest absolute Gasteiger partial charge is 0.145 e. The number of allylic oxidation sites excluding steroid dienone is 1. The first-order valence-corrected chi connectivity index (χ1v) is 9.04. The zero-order chi connectivity index (χ0) is 19.3. The van der Waals surface area contributed by atoms with Gasteiger partial charge in [0.15, 0.2) is 0 Å². The summed E-state index contributed by atoms with van der Waals surface area (Å²) >= 11 is 5.89. The first-order chi connectivity index (χ1) is 13.0. The molecule has 0 radical (unpaired) electrons. The first-order valence-electron chi connectivity index (χ1n) is 8.67. The summed E-state index contributed by atoms with van der Waals surface area (Å²) in [6.45, 7) is 4.33. The van der Waals surface area contributed by atoms with E-state index in [1.54, 1.807) is 54.9 Å². The summed E-state index contributed by atoms with van der Waals surface area (Å²) in [6, 6.07) is 10.7. The van der Waals surface area contributed by atoms with Crippen LogP contribution in [-0.4, -0.2) is 34.9 Å². The third-order valence-electron chi connectivity index (χ3n) is 4.29. The molecule has 0 saturated carbocycles. The quantitative estimate of drug-likeness (QED) is 0.713. The Hall–Kier alpha value is -2.63. The van der Waals surface area contributed by atoms with Crippen LogP contribution in [0.25, 0.3) is 0 Å². The molecule has 0 bridgehead atoms. The van der Waals surface area contributed by atoms with Crippen molar-refractivity contribution < 1.29 is 9.84 Å². The highest BCUT2D eigenvalue weighted by Gasteiger charge is 2.35. The molecule has 1 aromatic carbocycles. The Morgan fingerprint density at radius 2 is 2.00 bits per heavy atom. The molecule has 3 rings (SSSR count). The fraction of sp³-hybridized carbons (Fsp3) is 0.238. The molecule has 1 atom stereocenters. The van der Waals surface area contributed by atoms with E-state index in [0.29, 0.717) is 47.3 Å². The Morgan fingerprint density at radius 3 is 2.63 bits per heavy atom. The predicted molar refractivity (Wildman–Crippen MR) is 108 cm³/mol. The lowest BCUT2D eigenvalue weighted by Gasteiger charge is -2.31. The number of halogens is 1. The van der Waals surface area contributed by atoms with Gasteiger partial charge in [0.25, 0.3) is 0 Å². The van der Waals surface area contributed by atoms with Gasteiger partial charge < -0.3 is 14.7 Å². The number of benzene rings is 1. The van der Waals surface area contributed by atoms with Crippen molar-refractivity contribution in [2.45, 2.75) is 18.4 Å². The number of nitrogens with zero attached hydrogens (tertiary/aromatic N) is 3. The van der Waals surface area contributed by atoms with Gasteiger partial charge in [-0.3, -0.25) is 9.98 Å². The van der Waals surface area contributed by atoms with E-state index in [9.17, 15) is 5.11 Å². The van der Waals surface area contributed by atoms with Crippen molar-refractivity contribution in [3.63, 3.8) is 0 Å². The lowest BCUT2D eigenvalue weighted by molar-refractivity contribution is 0.0675. The average Bonchev–Trinajstić information content (AvgIpc) is 2.68. The van der Waals surface area contributed by atoms with Gasteiger partial charge in [0, 0.05) is 30.1 Å². The van der Waals surface area contributed by atoms with Crippen LogP contribution in [0, 0.1) is 0 Å². The van der Waals surface area contributed by atoms with Crippen LogP contribution < -0.4 is 4.74 Å². The molecule has 2 heterocycles. The summed E-state index contributed by atoms with van der Waals surface area (Å²) in [4.78, 5) is 10.7. The molecule has 140 valence electrons. The normalized spacial score (nSPS) is 15.8. The molecule has 1 N–H and O–H groups in total. The maximum atomic E-state index is 11.4. The van der Waals surface area contributed by atoms with Gasteiger partial charge in [-0.2, -0.15) is 0 Å². The van der Waals surface area contributed by atoms with Gasteiger partial charge in [-0.1, -0.05) is 17.7 Å². The van der Waals surface area contributed by atoms with Crippen LogP contribution in [0.15, 0.2) is 72.0 Å². The summed E-state index contributed by atoms with van der Waals surface area (Å²) < 4.78 is 5.78. The number of aromatic nitrogens is 1. The Kier molecular flexibility index (Phi) is 5.94. The fourth-order valence-electron chi connectivity index (χ4n) is 2.85. The molecule has 0 amide bonds. The zero-order valence-corrected chi connectivity index (χ0v) is 15.9. The highest BCUT2D eigenvalue weighted by molar-refractivity contribution is 6.30. The van der Waals surface area contributed by atoms with E-state index in [-0.39, 0.29) is 0 Å². The van der Waals surface area contributed by atoms with E-state index in [1.165, 1.54) is 0 Å². The third-order valence-corrected chi connectivity index (χ3v) is 4.54. The number of aliphatic hydroxyl groups is 1. The molecule has 2 aromatic rings. The zero-order valence-electron chi connectivity index (χ0n) is 15.2. The Morgan fingerprint density at radius 1 is 1.26 bits per heavy atom. The molecule has 0 fully saturated rings. The summed E-state index contributed by atoms with van der Waals surface area (Å²) in [5, 5.41) is 12.1. The van der Waals surface area contributed by atoms with Gasteiger partial charge in [-0.25, -0.2) is 0 Å². The van der Waals surface area contributed by atoms with Gasteiger partial charge in [0.05, 0.1) is 11.9 Å². The Bertz CT molecular complexity index is 847. The van der Waals surface area contributed by atoms with E-state index in [4.69, 9.17) is 16.3 Å². The number of ether oxygens (including phenoxy) is 1. The molecule has 0 aliphatic carbocycles. The topological polar surface area (TPSA) is 58.0 Å². The average molecular weight is 384 g/mol. The number of aliphatic imine (C=N–C) groups is 1. The maximum absolute atomic E-state index is 11.4. The molecular formula is C21H22ClN3O2. The highest BCUT2D eigenvalue weighted by atomic mass is 35.5. The van der Waals surface area contributed by atoms with Gasteiger partial charge in [-0.05, 0) is 49.2 Å². The second kappa shape index (κ2) is 8.37. The van der Waals surface area contributed by atoms with Crippen molar-refractivity contribution >= 4 is 17.8 Å². The number of hydrogen-bond donors (Lipinski definition) is 1. The molecule has 6 heteroatoms. The molecule has 27 heavy (non-hydrogen) atoms. The summed E-state index contributed by atoms with van der Waals surface area (Å²) in [6.07, 6.45) is 8.11. The summed E-state index contributed by atoms with van der Waals surface area (Å²) in [7, 11) is 1.92. The van der Waals surface area contributed by atoms with Crippen molar-refractivity contribution in [2.24, 2.45) is 4.99 Å². The highest BCUT2D eigenvalue weighted by Crippen LogP contribution is 2.34. The molecule has 5 nitrogen and oxygen atoms in total. The van der Waals surface area contributed by atoms with Gasteiger partial charge in [-0.15, -0.1) is 6.58 Å². The van der Waals surface area contributed by atoms with Crippen LogP contribution in [0.5, 0.6) is 11.5 Å². The summed E-state index contributed by atoms with van der Waals surface area (Å²) in [5.74, 6) is 1.25. The van der Waals surface area contributed by atoms with Crippen LogP contribution in [0.4, 0.5) is 0 Å². The van der Waals surface area contributed by atoms with Crippen LogP contribution >= 0.6 is 11.6 Å². The van der Waals surface area contributed by atoms with Gasteiger partial charge in [0.2, 0.25) is 0 Å². The van der Waals surface area contributed by atoms with Gasteiger partial charge in [0.1, 0.15) is 23.8 Å². The van der Waals surface area contributed by atoms with Crippen LogP contribution in [0.2, 0.25) is 5.02 Å². The van der Waals surface area contributed by atoms with Gasteiger partial charge >= 0.3 is 0 Å². The number of pyridine rings is 1. The lowest BCUT2D eigenvalue weighted by Crippen LogP contribution is -2.33. The number of rotatable bonds is 7. The second-order valence-corrected chi connectivity index (χ2v) is 6.85. The first kappa shape index (κ1) is 19.1. The van der Waals surface area contributed by atoms with E-state index >= 15 is 0 Å². The minimum absolute atomic E-state index is 0.465. The fourth-order valence-corrected chi connectivity index (χ4v) is 2.97. The lowest BCUT2D eigenvalue weighted by atomic mass is 9.85. The molecule has 1 aromatic heterocycles. The van der Waals surface area contributed by atoms with Crippen molar-refractivity contribution in [3.8, 4) is 11.5 Å². The number of hydrogen-bond acceptors (Lipinski definition) is 5. The van der Waals surface area contributed by atoms with Crippen LogP contribution in [0.3, 0.4) is 0 Å². The van der Waals surface area contributed by atoms with E-state index < -0.39 is 5.60 Å². The SMILES string of the molecule is C=CCCC(O)(C1=CN(C)CN=C1)c1ccc(Oc2ccc(Cl)cc2)cn1. The Labute approximate surface area is 164 Å². The van der Waals surface area contributed by atoms with E-state index in [1.807, 2.05) is 18.1 Å². The third kappa shape index (κ3) is 4.56. The summed E-state index contributed by atoms with van der Waals surface area (Å²) in [5.41, 5.74) is 0.00307. The molecular weight excluding hydrogens is 362 g/mol. The van der Waals surface area contributed by atoms with Crippen molar-refractivity contribution in [1.29, 1.82) is 0 Å². The van der Waals surface area contributed by atoms with Crippen LogP contribution in [-0.2, 0) is 5.60 Å². The molecule has 1 aliphatic heterocycles. The minimum atomic E-state index is -1.24. The standard InChI is InChI=1S/C21H22ClN3O2/c1-3-4-11-21(26,16-12-23-15-25(2)14-16)20-10-9-19(13-24-20)27-18-7-5-17(22)6-8-18/h3,5-10,12-14,26H,1,4,11,15H2,2H3. The van der Waals surface area contributed by atoms with Crippen molar-refractivity contribution in [3.05, 3.63) is 77.7 Å². The predicted octanol–water partition coefficient (Wildman–Crippen LogP) is 4.54. The van der Waals surface area contributed by atoms with E-state index in [2.05, 4.69) is 16.6 Å². The monoisotopic (exact) mass is 383 g/mol.